The van der Waals surface area contributed by atoms with E-state index in [2.05, 4.69) is 12.2 Å². The molecule has 0 spiro atoms. The monoisotopic (exact) mass is 221 g/mol. The van der Waals surface area contributed by atoms with E-state index in [1.54, 1.807) is 0 Å². The largest absolute Gasteiger partial charge is 0.311 e. The first-order valence-electron chi connectivity index (χ1n) is 7.60. The lowest BCUT2D eigenvalue weighted by atomic mass is 9.68. The van der Waals surface area contributed by atoms with Crippen LogP contribution in [-0.4, -0.2) is 12.1 Å². The Kier molecular flexibility index (Phi) is 2.99. The van der Waals surface area contributed by atoms with E-state index in [0.29, 0.717) is 5.54 Å². The molecule has 2 aliphatic carbocycles. The molecule has 1 nitrogen and oxygen atoms in total. The molecule has 1 N–H and O–H groups in total. The summed E-state index contributed by atoms with van der Waals surface area (Å²) in [6.45, 7) is 3.67. The van der Waals surface area contributed by atoms with Crippen LogP contribution < -0.4 is 5.32 Å². The Morgan fingerprint density at radius 2 is 1.62 bits per heavy atom. The van der Waals surface area contributed by atoms with Crippen molar-refractivity contribution < 1.29 is 0 Å². The van der Waals surface area contributed by atoms with Gasteiger partial charge in [-0.25, -0.2) is 0 Å². The average molecular weight is 221 g/mol. The summed E-state index contributed by atoms with van der Waals surface area (Å²) in [4.78, 5) is 0. The van der Waals surface area contributed by atoms with Gasteiger partial charge < -0.3 is 5.32 Å². The van der Waals surface area contributed by atoms with E-state index in [1.165, 1.54) is 64.3 Å². The van der Waals surface area contributed by atoms with Crippen LogP contribution in [0.25, 0.3) is 0 Å². The Bertz CT molecular complexity index is 230. The summed E-state index contributed by atoms with van der Waals surface area (Å²) >= 11 is 0. The van der Waals surface area contributed by atoms with Crippen LogP contribution in [0, 0.1) is 17.8 Å². The highest BCUT2D eigenvalue weighted by atomic mass is 15.0. The summed E-state index contributed by atoms with van der Waals surface area (Å²) in [5.41, 5.74) is 0.610. The molecule has 1 saturated heterocycles. The van der Waals surface area contributed by atoms with E-state index in [0.717, 1.165) is 17.8 Å². The van der Waals surface area contributed by atoms with Crippen LogP contribution in [0.2, 0.25) is 0 Å². The molecule has 1 atom stereocenters. The van der Waals surface area contributed by atoms with Crippen molar-refractivity contribution >= 4 is 0 Å². The van der Waals surface area contributed by atoms with Gasteiger partial charge in [-0.1, -0.05) is 26.2 Å². The van der Waals surface area contributed by atoms with Gasteiger partial charge in [0.15, 0.2) is 0 Å². The first-order chi connectivity index (χ1) is 7.85. The molecule has 0 amide bonds. The van der Waals surface area contributed by atoms with Crippen LogP contribution in [0.4, 0.5) is 0 Å². The van der Waals surface area contributed by atoms with Crippen molar-refractivity contribution in [1.82, 2.24) is 5.32 Å². The fourth-order valence-electron chi connectivity index (χ4n) is 4.50. The SMILES string of the molecule is CCC1CCC(C2(C3CC3)CCCN2)CC1. The van der Waals surface area contributed by atoms with Crippen LogP contribution in [0.5, 0.6) is 0 Å². The van der Waals surface area contributed by atoms with Gasteiger partial charge >= 0.3 is 0 Å². The molecule has 1 heteroatoms. The molecule has 0 radical (unpaired) electrons. The van der Waals surface area contributed by atoms with Crippen molar-refractivity contribution in [2.45, 2.75) is 70.3 Å². The van der Waals surface area contributed by atoms with Gasteiger partial charge in [0.1, 0.15) is 0 Å². The van der Waals surface area contributed by atoms with Crippen molar-refractivity contribution in [2.24, 2.45) is 17.8 Å². The molecule has 3 rings (SSSR count). The fourth-order valence-corrected chi connectivity index (χ4v) is 4.50. The van der Waals surface area contributed by atoms with E-state index in [-0.39, 0.29) is 0 Å². The predicted octanol–water partition coefficient (Wildman–Crippen LogP) is 3.74. The second-order valence-corrected chi connectivity index (χ2v) is 6.47. The van der Waals surface area contributed by atoms with Crippen LogP contribution in [0.15, 0.2) is 0 Å². The summed E-state index contributed by atoms with van der Waals surface area (Å²) in [6, 6.07) is 0. The van der Waals surface area contributed by atoms with Crippen molar-refractivity contribution in [1.29, 1.82) is 0 Å². The zero-order chi connectivity index (χ0) is 11.0. The van der Waals surface area contributed by atoms with Crippen molar-refractivity contribution in [3.8, 4) is 0 Å². The lowest BCUT2D eigenvalue weighted by Crippen LogP contribution is -2.50. The highest BCUT2D eigenvalue weighted by Gasteiger charge is 2.51. The van der Waals surface area contributed by atoms with Crippen LogP contribution >= 0.6 is 0 Å². The molecule has 0 aromatic rings. The molecule has 1 unspecified atom stereocenters. The summed E-state index contributed by atoms with van der Waals surface area (Å²) in [5, 5.41) is 3.93. The zero-order valence-corrected chi connectivity index (χ0v) is 10.8. The Hall–Kier alpha value is -0.0400. The molecular weight excluding hydrogens is 194 g/mol. The second kappa shape index (κ2) is 4.33. The maximum absolute atomic E-state index is 3.93. The quantitative estimate of drug-likeness (QED) is 0.765. The summed E-state index contributed by atoms with van der Waals surface area (Å²) < 4.78 is 0. The smallest absolute Gasteiger partial charge is 0.0238 e. The molecule has 3 fully saturated rings. The average Bonchev–Trinajstić information content (AvgIpc) is 3.09. The number of hydrogen-bond donors (Lipinski definition) is 1. The molecule has 0 bridgehead atoms. The minimum absolute atomic E-state index is 0.610. The van der Waals surface area contributed by atoms with Crippen molar-refractivity contribution in [3.63, 3.8) is 0 Å². The topological polar surface area (TPSA) is 12.0 Å². The van der Waals surface area contributed by atoms with Gasteiger partial charge in [0.2, 0.25) is 0 Å². The standard InChI is InChI=1S/C15H27N/c1-2-12-4-6-13(7-5-12)15(14-8-9-14)10-3-11-16-15/h12-14,16H,2-11H2,1H3. The molecule has 1 heterocycles. The Balaban J connectivity index is 1.66. The van der Waals surface area contributed by atoms with Gasteiger partial charge in [0.05, 0.1) is 0 Å². The van der Waals surface area contributed by atoms with E-state index in [4.69, 9.17) is 0 Å². The number of rotatable bonds is 3. The van der Waals surface area contributed by atoms with Crippen LogP contribution in [-0.2, 0) is 0 Å². The summed E-state index contributed by atoms with van der Waals surface area (Å²) in [6.07, 6.45) is 13.4. The summed E-state index contributed by atoms with van der Waals surface area (Å²) in [5.74, 6) is 3.12. The minimum atomic E-state index is 0.610. The highest BCUT2D eigenvalue weighted by Crippen LogP contribution is 2.52. The van der Waals surface area contributed by atoms with Crippen molar-refractivity contribution in [3.05, 3.63) is 0 Å². The normalized spacial score (nSPS) is 44.8. The highest BCUT2D eigenvalue weighted by molar-refractivity contribution is 5.08. The maximum atomic E-state index is 3.93. The summed E-state index contributed by atoms with van der Waals surface area (Å²) in [7, 11) is 0. The zero-order valence-electron chi connectivity index (χ0n) is 10.8. The molecule has 92 valence electrons. The Labute approximate surface area is 100 Å². The molecule has 0 aromatic heterocycles. The maximum Gasteiger partial charge on any atom is 0.0238 e. The number of hydrogen-bond acceptors (Lipinski definition) is 1. The second-order valence-electron chi connectivity index (χ2n) is 6.47. The third kappa shape index (κ3) is 1.81. The van der Waals surface area contributed by atoms with Gasteiger partial charge in [-0.05, 0) is 62.8 Å². The van der Waals surface area contributed by atoms with E-state index in [1.807, 2.05) is 0 Å². The molecule has 0 aromatic carbocycles. The number of nitrogens with one attached hydrogen (secondary N) is 1. The van der Waals surface area contributed by atoms with E-state index < -0.39 is 0 Å². The van der Waals surface area contributed by atoms with Crippen molar-refractivity contribution in [2.75, 3.05) is 6.54 Å². The van der Waals surface area contributed by atoms with Gasteiger partial charge in [-0.3, -0.25) is 0 Å². The van der Waals surface area contributed by atoms with Gasteiger partial charge in [-0.15, -0.1) is 0 Å². The minimum Gasteiger partial charge on any atom is -0.311 e. The first-order valence-corrected chi connectivity index (χ1v) is 7.60. The lowest BCUT2D eigenvalue weighted by molar-refractivity contribution is 0.132. The molecule has 2 saturated carbocycles. The third-order valence-corrected chi connectivity index (χ3v) is 5.68. The van der Waals surface area contributed by atoms with Gasteiger partial charge in [0.25, 0.3) is 0 Å². The predicted molar refractivity (Wildman–Crippen MR) is 68.4 cm³/mol. The van der Waals surface area contributed by atoms with Gasteiger partial charge in [0, 0.05) is 5.54 Å². The molecule has 3 aliphatic rings. The van der Waals surface area contributed by atoms with E-state index >= 15 is 0 Å². The Morgan fingerprint density at radius 1 is 1.00 bits per heavy atom. The van der Waals surface area contributed by atoms with E-state index in [9.17, 15) is 0 Å². The molecular formula is C15H27N. The first kappa shape index (κ1) is 11.1. The van der Waals surface area contributed by atoms with Crippen LogP contribution in [0.3, 0.4) is 0 Å². The van der Waals surface area contributed by atoms with Crippen LogP contribution in [0.1, 0.15) is 64.7 Å². The fraction of sp³-hybridized carbons (Fsp3) is 1.00. The molecule has 16 heavy (non-hydrogen) atoms. The lowest BCUT2D eigenvalue weighted by Gasteiger charge is -2.42. The molecule has 1 aliphatic heterocycles. The third-order valence-electron chi connectivity index (χ3n) is 5.68. The Morgan fingerprint density at radius 3 is 2.06 bits per heavy atom. The van der Waals surface area contributed by atoms with Gasteiger partial charge in [-0.2, -0.15) is 0 Å².